The number of hydrogen-bond donors (Lipinski definition) is 0. The van der Waals surface area contributed by atoms with E-state index in [0.717, 1.165) is 31.0 Å². The first kappa shape index (κ1) is 20.6. The van der Waals surface area contributed by atoms with E-state index in [1.54, 1.807) is 0 Å². The zero-order valence-electron chi connectivity index (χ0n) is 16.2. The lowest BCUT2D eigenvalue weighted by molar-refractivity contribution is 0.441. The van der Waals surface area contributed by atoms with Gasteiger partial charge in [-0.25, -0.2) is 0 Å². The van der Waals surface area contributed by atoms with Gasteiger partial charge in [-0.05, 0) is 43.1 Å². The quantitative estimate of drug-likeness (QED) is 0.368. The van der Waals surface area contributed by atoms with Crippen LogP contribution >= 0.6 is 7.28 Å². The molecule has 3 heteroatoms. The number of allylic oxidation sites excluding steroid dienone is 3. The fraction of sp³-hybridized carbons (Fsp3) is 0.800. The maximum atomic E-state index is 6.62. The van der Waals surface area contributed by atoms with Crippen LogP contribution in [-0.4, -0.2) is 18.9 Å². The maximum absolute atomic E-state index is 6.62. The summed E-state index contributed by atoms with van der Waals surface area (Å²) in [4.78, 5) is 0. The molecule has 1 aliphatic rings. The van der Waals surface area contributed by atoms with E-state index in [-0.39, 0.29) is 0 Å². The van der Waals surface area contributed by atoms with Gasteiger partial charge in [-0.3, -0.25) is 4.74 Å². The molecule has 1 rings (SSSR count). The van der Waals surface area contributed by atoms with E-state index < -0.39 is 7.28 Å². The highest BCUT2D eigenvalue weighted by Gasteiger charge is 2.24. The maximum Gasteiger partial charge on any atom is 0.133 e. The molecule has 134 valence electrons. The second-order valence-corrected chi connectivity index (χ2v) is 11.1. The second-order valence-electron chi connectivity index (χ2n) is 8.06. The van der Waals surface area contributed by atoms with E-state index in [1.807, 2.05) is 0 Å². The van der Waals surface area contributed by atoms with Crippen molar-refractivity contribution in [1.82, 2.24) is 0 Å². The van der Waals surface area contributed by atoms with Crippen LogP contribution in [0.15, 0.2) is 28.7 Å². The minimum Gasteiger partial charge on any atom is -0.464 e. The highest BCUT2D eigenvalue weighted by Crippen LogP contribution is 2.55. The third-order valence-corrected chi connectivity index (χ3v) is 7.40. The van der Waals surface area contributed by atoms with E-state index in [2.05, 4.69) is 59.8 Å². The third kappa shape index (κ3) is 8.80. The molecule has 0 fully saturated rings. The van der Waals surface area contributed by atoms with Gasteiger partial charge in [-0.15, -0.1) is 0 Å². The molecule has 1 aliphatic carbocycles. The van der Waals surface area contributed by atoms with Gasteiger partial charge in [0, 0.05) is 25.3 Å². The van der Waals surface area contributed by atoms with Crippen LogP contribution in [0.5, 0.6) is 0 Å². The van der Waals surface area contributed by atoms with Crippen molar-refractivity contribution in [2.45, 2.75) is 67.2 Å². The van der Waals surface area contributed by atoms with Crippen molar-refractivity contribution in [2.75, 3.05) is 18.9 Å². The van der Waals surface area contributed by atoms with Crippen LogP contribution in [0.2, 0.25) is 0 Å². The molecule has 0 aromatic heterocycles. The molecule has 0 bridgehead atoms. The molecule has 0 amide bonds. The SMILES string of the molecule is CC(C)CCN=P(CCC(C)C)(CCC(C)C)OC1=CC=CC1. The molecule has 0 aromatic rings. The topological polar surface area (TPSA) is 21.6 Å². The van der Waals surface area contributed by atoms with Crippen molar-refractivity contribution in [3.8, 4) is 0 Å². The monoisotopic (exact) mass is 339 g/mol. The summed E-state index contributed by atoms with van der Waals surface area (Å²) in [7, 11) is -1.69. The Morgan fingerprint density at radius 3 is 1.96 bits per heavy atom. The molecule has 2 nitrogen and oxygen atoms in total. The highest BCUT2D eigenvalue weighted by atomic mass is 31.2. The largest absolute Gasteiger partial charge is 0.464 e. The van der Waals surface area contributed by atoms with E-state index in [4.69, 9.17) is 9.27 Å². The average Bonchev–Trinajstić information content (AvgIpc) is 2.95. The Balaban J connectivity index is 2.92. The minimum atomic E-state index is -1.69. The van der Waals surface area contributed by atoms with Gasteiger partial charge in [0.15, 0.2) is 0 Å². The van der Waals surface area contributed by atoms with E-state index in [9.17, 15) is 0 Å². The lowest BCUT2D eigenvalue weighted by atomic mass is 10.1. The molecule has 0 unspecified atom stereocenters. The summed E-state index contributed by atoms with van der Waals surface area (Å²) in [5, 5.41) is 0. The average molecular weight is 340 g/mol. The molecule has 0 N–H and O–H groups in total. The van der Waals surface area contributed by atoms with Crippen LogP contribution < -0.4 is 0 Å². The predicted molar refractivity (Wildman–Crippen MR) is 105 cm³/mol. The van der Waals surface area contributed by atoms with Gasteiger partial charge in [-0.1, -0.05) is 53.7 Å². The van der Waals surface area contributed by atoms with Gasteiger partial charge < -0.3 is 4.52 Å². The van der Waals surface area contributed by atoms with Crippen LogP contribution in [0.25, 0.3) is 0 Å². The molecular weight excluding hydrogens is 301 g/mol. The van der Waals surface area contributed by atoms with Gasteiger partial charge in [-0.2, -0.15) is 0 Å². The molecule has 0 aliphatic heterocycles. The Morgan fingerprint density at radius 1 is 0.957 bits per heavy atom. The fourth-order valence-corrected chi connectivity index (χ4v) is 6.14. The summed E-state index contributed by atoms with van der Waals surface area (Å²) in [5.41, 5.74) is 0. The molecule has 0 atom stereocenters. The Labute approximate surface area is 144 Å². The fourth-order valence-electron chi connectivity index (χ4n) is 2.50. The summed E-state index contributed by atoms with van der Waals surface area (Å²) in [6, 6.07) is 0. The van der Waals surface area contributed by atoms with Gasteiger partial charge in [0.2, 0.25) is 0 Å². The first-order valence-corrected chi connectivity index (χ1v) is 11.5. The summed E-state index contributed by atoms with van der Waals surface area (Å²) >= 11 is 0. The number of rotatable bonds is 11. The van der Waals surface area contributed by atoms with Crippen LogP contribution in [-0.2, 0) is 4.52 Å². The summed E-state index contributed by atoms with van der Waals surface area (Å²) in [5.74, 6) is 3.28. The summed E-state index contributed by atoms with van der Waals surface area (Å²) in [6.07, 6.45) is 13.3. The molecule has 0 spiro atoms. The first-order chi connectivity index (χ1) is 10.8. The van der Waals surface area contributed by atoms with Crippen molar-refractivity contribution in [3.63, 3.8) is 0 Å². The van der Waals surface area contributed by atoms with Crippen LogP contribution in [0.3, 0.4) is 0 Å². The highest BCUT2D eigenvalue weighted by molar-refractivity contribution is 7.61. The van der Waals surface area contributed by atoms with Crippen molar-refractivity contribution in [1.29, 1.82) is 0 Å². The first-order valence-electron chi connectivity index (χ1n) is 9.44. The van der Waals surface area contributed by atoms with Crippen molar-refractivity contribution in [3.05, 3.63) is 24.0 Å². The van der Waals surface area contributed by atoms with Crippen molar-refractivity contribution >= 4 is 7.28 Å². The van der Waals surface area contributed by atoms with Gasteiger partial charge in [0.25, 0.3) is 0 Å². The number of hydrogen-bond acceptors (Lipinski definition) is 2. The van der Waals surface area contributed by atoms with Gasteiger partial charge in [0.05, 0.1) is 0 Å². The third-order valence-electron chi connectivity index (χ3n) is 4.20. The summed E-state index contributed by atoms with van der Waals surface area (Å²) in [6.45, 7) is 14.7. The van der Waals surface area contributed by atoms with E-state index >= 15 is 0 Å². The lowest BCUT2D eigenvalue weighted by Crippen LogP contribution is -2.06. The molecule has 23 heavy (non-hydrogen) atoms. The Hall–Kier alpha value is -0.490. The molecule has 0 heterocycles. The Morgan fingerprint density at radius 2 is 1.52 bits per heavy atom. The predicted octanol–water partition coefficient (Wildman–Crippen LogP) is 7.10. The molecule has 0 saturated carbocycles. The van der Waals surface area contributed by atoms with E-state index in [1.165, 1.54) is 19.3 Å². The van der Waals surface area contributed by atoms with Crippen LogP contribution in [0.1, 0.15) is 67.2 Å². The minimum absolute atomic E-state index is 0.711. The normalized spacial score (nSPS) is 14.9. The molecular formula is C20H38NOP. The zero-order valence-corrected chi connectivity index (χ0v) is 17.1. The molecule has 0 radical (unpaired) electrons. The van der Waals surface area contributed by atoms with Crippen molar-refractivity contribution in [2.24, 2.45) is 22.5 Å². The standard InChI is InChI=1S/C20H38NOP/c1-17(2)11-14-21-23(15-12-18(3)4,16-13-19(5)6)22-20-9-7-8-10-20/h7-9,17-19H,10-16H2,1-6H3. The zero-order chi connectivity index (χ0) is 17.3. The van der Waals surface area contributed by atoms with Gasteiger partial charge >= 0.3 is 0 Å². The Kier molecular flexibility index (Phi) is 9.29. The van der Waals surface area contributed by atoms with Crippen LogP contribution in [0, 0.1) is 17.8 Å². The summed E-state index contributed by atoms with van der Waals surface area (Å²) < 4.78 is 11.8. The Bertz CT molecular complexity index is 431. The number of nitrogens with zero attached hydrogens (tertiary/aromatic N) is 1. The van der Waals surface area contributed by atoms with Gasteiger partial charge in [0.1, 0.15) is 13.0 Å². The molecule has 0 aromatic carbocycles. The smallest absolute Gasteiger partial charge is 0.133 e. The molecule has 0 saturated heterocycles. The van der Waals surface area contributed by atoms with Crippen LogP contribution in [0.4, 0.5) is 0 Å². The van der Waals surface area contributed by atoms with Crippen molar-refractivity contribution < 1.29 is 4.52 Å². The second kappa shape index (κ2) is 10.4. The van der Waals surface area contributed by atoms with E-state index in [0.29, 0.717) is 17.8 Å². The lowest BCUT2D eigenvalue weighted by Gasteiger charge is -2.28.